The summed E-state index contributed by atoms with van der Waals surface area (Å²) in [7, 11) is -1.47. The fourth-order valence-corrected chi connectivity index (χ4v) is 4.30. The molecule has 8 nitrogen and oxygen atoms in total. The topological polar surface area (TPSA) is 115 Å². The van der Waals surface area contributed by atoms with Crippen molar-refractivity contribution in [1.29, 1.82) is 10.8 Å². The molecule has 0 unspecified atom stereocenters. The van der Waals surface area contributed by atoms with Crippen LogP contribution in [-0.2, 0) is 10.0 Å². The first-order chi connectivity index (χ1) is 15.7. The van der Waals surface area contributed by atoms with Crippen molar-refractivity contribution in [2.45, 2.75) is 0 Å². The van der Waals surface area contributed by atoms with Gasteiger partial charge in [0.2, 0.25) is 15.6 Å². The minimum Gasteiger partial charge on any atom is -0.329 e. The van der Waals surface area contributed by atoms with E-state index in [1.165, 1.54) is 4.57 Å². The highest BCUT2D eigenvalue weighted by atomic mass is 35.5. The average molecular weight is 481 g/mol. The Bertz CT molecular complexity index is 1530. The van der Waals surface area contributed by atoms with Gasteiger partial charge in [-0.05, 0) is 53.6 Å². The Morgan fingerprint density at radius 3 is 2.45 bits per heavy atom. The van der Waals surface area contributed by atoms with E-state index in [2.05, 4.69) is 9.71 Å². The first-order valence-corrected chi connectivity index (χ1v) is 12.1. The second kappa shape index (κ2) is 8.68. The lowest BCUT2D eigenvalue weighted by Gasteiger charge is -2.22. The van der Waals surface area contributed by atoms with E-state index in [-0.39, 0.29) is 5.62 Å². The molecule has 1 aromatic heterocycles. The number of halogens is 1. The van der Waals surface area contributed by atoms with Crippen LogP contribution in [-0.4, -0.2) is 37.6 Å². The molecule has 0 spiro atoms. The lowest BCUT2D eigenvalue weighted by molar-refractivity contribution is 0.607. The molecule has 0 aliphatic carbocycles. The minimum absolute atomic E-state index is 0.0771. The SMILES string of the molecule is CN(c1cccc(-c2ccc(NS(C)(=O)=O)cc2)c1)c1nc(=N)n(C=N)c2cc(Cl)ccc12. The lowest BCUT2D eigenvalue weighted by atomic mass is 10.0. The Balaban J connectivity index is 1.75. The maximum atomic E-state index is 11.4. The number of sulfonamides is 1. The third-order valence-electron chi connectivity index (χ3n) is 5.10. The van der Waals surface area contributed by atoms with E-state index in [9.17, 15) is 8.42 Å². The number of benzene rings is 3. The predicted molar refractivity (Wildman–Crippen MR) is 133 cm³/mol. The van der Waals surface area contributed by atoms with Crippen LogP contribution in [0.15, 0.2) is 66.7 Å². The van der Waals surface area contributed by atoms with Gasteiger partial charge in [0, 0.05) is 28.8 Å². The highest BCUT2D eigenvalue weighted by Crippen LogP contribution is 2.32. The van der Waals surface area contributed by atoms with Crippen LogP contribution in [0.3, 0.4) is 0 Å². The summed E-state index contributed by atoms with van der Waals surface area (Å²) in [5.74, 6) is 0.564. The predicted octanol–water partition coefficient (Wildman–Crippen LogP) is 4.43. The lowest BCUT2D eigenvalue weighted by Crippen LogP contribution is -2.26. The maximum absolute atomic E-state index is 11.4. The monoisotopic (exact) mass is 480 g/mol. The first-order valence-electron chi connectivity index (χ1n) is 9.85. The fourth-order valence-electron chi connectivity index (χ4n) is 3.57. The van der Waals surface area contributed by atoms with Crippen LogP contribution in [0.5, 0.6) is 0 Å². The van der Waals surface area contributed by atoms with Crippen LogP contribution >= 0.6 is 11.6 Å². The zero-order valence-electron chi connectivity index (χ0n) is 17.9. The van der Waals surface area contributed by atoms with E-state index in [1.807, 2.05) is 54.4 Å². The largest absolute Gasteiger partial charge is 0.329 e. The summed E-state index contributed by atoms with van der Waals surface area (Å²) in [4.78, 5) is 6.30. The number of anilines is 3. The first kappa shape index (κ1) is 22.5. The van der Waals surface area contributed by atoms with Crippen molar-refractivity contribution in [3.05, 3.63) is 77.4 Å². The molecular weight excluding hydrogens is 460 g/mol. The molecule has 4 aromatic rings. The summed E-state index contributed by atoms with van der Waals surface area (Å²) in [5, 5.41) is 17.2. The van der Waals surface area contributed by atoms with Crippen LogP contribution in [0.25, 0.3) is 22.0 Å². The van der Waals surface area contributed by atoms with Crippen molar-refractivity contribution in [1.82, 2.24) is 9.55 Å². The van der Waals surface area contributed by atoms with E-state index in [1.54, 1.807) is 24.3 Å². The number of nitrogens with one attached hydrogen (secondary N) is 3. The van der Waals surface area contributed by atoms with Gasteiger partial charge in [-0.3, -0.25) is 20.1 Å². The summed E-state index contributed by atoms with van der Waals surface area (Å²) in [6.07, 6.45) is 2.15. The second-order valence-electron chi connectivity index (χ2n) is 7.48. The van der Waals surface area contributed by atoms with Crippen molar-refractivity contribution in [3.63, 3.8) is 0 Å². The van der Waals surface area contributed by atoms with Gasteiger partial charge in [-0.2, -0.15) is 4.98 Å². The molecular formula is C23H21ClN6O2S. The van der Waals surface area contributed by atoms with Gasteiger partial charge in [0.25, 0.3) is 0 Å². The third kappa shape index (κ3) is 4.74. The van der Waals surface area contributed by atoms with Gasteiger partial charge in [-0.25, -0.2) is 8.42 Å². The molecule has 4 rings (SSSR count). The molecule has 33 heavy (non-hydrogen) atoms. The van der Waals surface area contributed by atoms with Crippen LogP contribution in [0.4, 0.5) is 17.2 Å². The summed E-state index contributed by atoms with van der Waals surface area (Å²) in [6.45, 7) is 0. The quantitative estimate of drug-likeness (QED) is 0.279. The van der Waals surface area contributed by atoms with Crippen molar-refractivity contribution < 1.29 is 8.42 Å². The molecule has 10 heteroatoms. The van der Waals surface area contributed by atoms with E-state index in [0.29, 0.717) is 22.0 Å². The molecule has 0 atom stereocenters. The van der Waals surface area contributed by atoms with Crippen molar-refractivity contribution in [2.24, 2.45) is 0 Å². The minimum atomic E-state index is -3.34. The second-order valence-corrected chi connectivity index (χ2v) is 9.67. The zero-order valence-corrected chi connectivity index (χ0v) is 19.4. The number of nitrogens with zero attached hydrogens (tertiary/aromatic N) is 3. The van der Waals surface area contributed by atoms with Gasteiger partial charge in [0.05, 0.1) is 18.1 Å². The van der Waals surface area contributed by atoms with E-state index < -0.39 is 10.0 Å². The van der Waals surface area contributed by atoms with Gasteiger partial charge in [-0.15, -0.1) is 0 Å². The van der Waals surface area contributed by atoms with Gasteiger partial charge < -0.3 is 4.90 Å². The third-order valence-corrected chi connectivity index (χ3v) is 5.94. The molecule has 0 bridgehead atoms. The number of hydrogen-bond acceptors (Lipinski definition) is 6. The van der Waals surface area contributed by atoms with Crippen molar-refractivity contribution in [2.75, 3.05) is 22.9 Å². The molecule has 3 aromatic carbocycles. The van der Waals surface area contributed by atoms with E-state index in [4.69, 9.17) is 22.4 Å². The molecule has 0 aliphatic rings. The highest BCUT2D eigenvalue weighted by molar-refractivity contribution is 7.92. The smallest absolute Gasteiger partial charge is 0.229 e. The normalized spacial score (nSPS) is 11.4. The molecule has 0 fully saturated rings. The van der Waals surface area contributed by atoms with E-state index >= 15 is 0 Å². The van der Waals surface area contributed by atoms with Gasteiger partial charge >= 0.3 is 0 Å². The number of fused-ring (bicyclic) bond motifs is 1. The number of hydrogen-bond donors (Lipinski definition) is 3. The molecule has 0 saturated heterocycles. The summed E-state index contributed by atoms with van der Waals surface area (Å²) in [6, 6.07) is 20.2. The molecule has 168 valence electrons. The highest BCUT2D eigenvalue weighted by Gasteiger charge is 2.14. The Morgan fingerprint density at radius 1 is 1.06 bits per heavy atom. The molecule has 1 heterocycles. The van der Waals surface area contributed by atoms with Gasteiger partial charge in [0.1, 0.15) is 5.82 Å². The molecule has 0 amide bonds. The number of aromatic nitrogens is 2. The Kier molecular flexibility index (Phi) is 5.92. The molecule has 0 aliphatic heterocycles. The summed E-state index contributed by atoms with van der Waals surface area (Å²) >= 11 is 6.16. The van der Waals surface area contributed by atoms with Crippen molar-refractivity contribution >= 4 is 56.1 Å². The average Bonchev–Trinajstić information content (AvgIpc) is 2.77. The van der Waals surface area contributed by atoms with Gasteiger partial charge in [0.15, 0.2) is 0 Å². The Hall–Kier alpha value is -3.69. The molecule has 0 radical (unpaired) electrons. The van der Waals surface area contributed by atoms with Gasteiger partial charge in [-0.1, -0.05) is 35.9 Å². The van der Waals surface area contributed by atoms with Crippen molar-refractivity contribution in [3.8, 4) is 11.1 Å². The summed E-state index contributed by atoms with van der Waals surface area (Å²) in [5.41, 5.74) is 3.74. The molecule has 0 saturated carbocycles. The van der Waals surface area contributed by atoms with Crippen LogP contribution in [0, 0.1) is 10.8 Å². The summed E-state index contributed by atoms with van der Waals surface area (Å²) < 4.78 is 26.7. The molecule has 3 N–H and O–H groups in total. The standard InChI is InChI=1S/C23H21ClN6O2S/c1-29(22-20-11-8-17(24)13-21(20)30(14-25)23(26)27-22)19-5-3-4-16(12-19)15-6-9-18(10-7-15)28-33(2,31)32/h3-14,25-26,28H,1-2H3. The number of rotatable bonds is 6. The zero-order chi connectivity index (χ0) is 23.8. The Labute approximate surface area is 196 Å². The fraction of sp³-hybridized carbons (Fsp3) is 0.0870. The van der Waals surface area contributed by atoms with E-state index in [0.717, 1.165) is 34.8 Å². The maximum Gasteiger partial charge on any atom is 0.229 e. The van der Waals surface area contributed by atoms with Crippen LogP contribution in [0.1, 0.15) is 0 Å². The van der Waals surface area contributed by atoms with Crippen LogP contribution in [0.2, 0.25) is 5.02 Å². The Morgan fingerprint density at radius 2 is 1.79 bits per heavy atom. The van der Waals surface area contributed by atoms with Crippen LogP contribution < -0.4 is 15.2 Å².